The maximum atomic E-state index is 13.0. The standard InChI is InChI=1S/C53H88O17P2/c1-3-5-7-9-11-12-13-14-15-16-17-18-19-20-21-25-28-32-36-40-46(55)66-42-45(43-67-72(64,65)70-53-50(59)48(57)49(58)52(51(53)60)69-71(61,62)63)68-47(56)41-37-33-29-26-23-22-24-27-31-35-39-44(54)38-34-30-10-8-6-4-2/h6,8,11-12,14-15,22-23,27,29-31,33-35,39,44-45,48-54,57-60H,3-5,7,9-10,13,16-21,24-26,28,32,36-38,40-43H2,1-2H3,(H,64,65)(H2,61,62,63)/b8-6-,12-11-,15-14-,23-22-,31-27-,33-29-,34-30-,39-35+/t44?,45-,48?,49?,50?,51?,52-,53+/m1/s1. The second-order valence-electron chi connectivity index (χ2n) is 17.7. The number of allylic oxidation sites excluding steroid dienone is 14. The highest BCUT2D eigenvalue weighted by molar-refractivity contribution is 7.47. The third-order valence-corrected chi connectivity index (χ3v) is 12.7. The molecule has 1 aliphatic carbocycles. The summed E-state index contributed by atoms with van der Waals surface area (Å²) in [4.78, 5) is 54.4. The van der Waals surface area contributed by atoms with Crippen LogP contribution >= 0.6 is 15.6 Å². The van der Waals surface area contributed by atoms with Gasteiger partial charge in [-0.15, -0.1) is 0 Å². The summed E-state index contributed by atoms with van der Waals surface area (Å²) in [6, 6.07) is 0. The number of unbranched alkanes of at least 4 members (excludes halogenated alkanes) is 12. The van der Waals surface area contributed by atoms with Crippen molar-refractivity contribution in [2.24, 2.45) is 0 Å². The van der Waals surface area contributed by atoms with E-state index in [1.165, 1.54) is 38.5 Å². The first-order valence-corrected chi connectivity index (χ1v) is 28.9. The summed E-state index contributed by atoms with van der Waals surface area (Å²) < 4.78 is 49.4. The van der Waals surface area contributed by atoms with Gasteiger partial charge in [-0.05, 0) is 77.0 Å². The molecule has 72 heavy (non-hydrogen) atoms. The second kappa shape index (κ2) is 42.1. The van der Waals surface area contributed by atoms with Crippen molar-refractivity contribution < 1.29 is 82.0 Å². The Labute approximate surface area is 429 Å². The largest absolute Gasteiger partial charge is 0.472 e. The molecule has 412 valence electrons. The molecule has 0 aromatic heterocycles. The zero-order valence-electron chi connectivity index (χ0n) is 42.7. The van der Waals surface area contributed by atoms with E-state index in [-0.39, 0.29) is 19.3 Å². The molecule has 19 heteroatoms. The van der Waals surface area contributed by atoms with E-state index in [0.29, 0.717) is 25.7 Å². The second-order valence-corrected chi connectivity index (χ2v) is 20.3. The summed E-state index contributed by atoms with van der Waals surface area (Å²) in [5.41, 5.74) is 0. The van der Waals surface area contributed by atoms with Gasteiger partial charge >= 0.3 is 27.6 Å². The van der Waals surface area contributed by atoms with Crippen molar-refractivity contribution in [3.05, 3.63) is 97.2 Å². The quantitative estimate of drug-likeness (QED) is 0.00928. The molecule has 1 aliphatic rings. The predicted molar refractivity (Wildman–Crippen MR) is 279 cm³/mol. The minimum atomic E-state index is -5.39. The van der Waals surface area contributed by atoms with Crippen molar-refractivity contribution in [2.75, 3.05) is 13.2 Å². The van der Waals surface area contributed by atoms with Gasteiger partial charge in [0.15, 0.2) is 6.10 Å². The van der Waals surface area contributed by atoms with Crippen molar-refractivity contribution in [3.8, 4) is 0 Å². The summed E-state index contributed by atoms with van der Waals surface area (Å²) in [6.07, 6.45) is 36.7. The molecular formula is C53H88O17P2. The molecule has 0 aromatic carbocycles. The smallest absolute Gasteiger partial charge is 0.462 e. The highest BCUT2D eigenvalue weighted by Gasteiger charge is 2.54. The first-order chi connectivity index (χ1) is 34.5. The molecule has 0 heterocycles. The molecule has 0 spiro atoms. The molecule has 1 rings (SSSR count). The molecule has 9 atom stereocenters. The van der Waals surface area contributed by atoms with Gasteiger partial charge in [0.05, 0.1) is 12.7 Å². The van der Waals surface area contributed by atoms with Crippen LogP contribution in [-0.4, -0.2) is 114 Å². The number of carbonyl (C=O) groups excluding carboxylic acids is 2. The third kappa shape index (κ3) is 35.9. The molecule has 0 radical (unpaired) electrons. The van der Waals surface area contributed by atoms with Gasteiger partial charge in [-0.25, -0.2) is 9.13 Å². The van der Waals surface area contributed by atoms with Gasteiger partial charge in [-0.2, -0.15) is 0 Å². The van der Waals surface area contributed by atoms with Crippen molar-refractivity contribution in [3.63, 3.8) is 0 Å². The highest BCUT2D eigenvalue weighted by Crippen LogP contribution is 2.49. The lowest BCUT2D eigenvalue weighted by atomic mass is 9.85. The minimum absolute atomic E-state index is 0.0846. The number of rotatable bonds is 42. The third-order valence-electron chi connectivity index (χ3n) is 11.2. The Balaban J connectivity index is 2.62. The summed E-state index contributed by atoms with van der Waals surface area (Å²) in [5.74, 6) is -1.34. The summed E-state index contributed by atoms with van der Waals surface area (Å²) in [6.45, 7) is 2.85. The van der Waals surface area contributed by atoms with Gasteiger partial charge in [0.1, 0.15) is 43.2 Å². The van der Waals surface area contributed by atoms with Crippen molar-refractivity contribution in [2.45, 2.75) is 210 Å². The Morgan fingerprint density at radius 3 is 1.64 bits per heavy atom. The molecule has 0 saturated heterocycles. The van der Waals surface area contributed by atoms with Crippen molar-refractivity contribution in [1.82, 2.24) is 0 Å². The van der Waals surface area contributed by atoms with Crippen LogP contribution in [0, 0.1) is 0 Å². The fourth-order valence-electron chi connectivity index (χ4n) is 7.22. The van der Waals surface area contributed by atoms with Crippen LogP contribution in [0.3, 0.4) is 0 Å². The first-order valence-electron chi connectivity index (χ1n) is 25.9. The molecule has 8 N–H and O–H groups in total. The summed E-state index contributed by atoms with van der Waals surface area (Å²) in [7, 11) is -10.7. The topological polar surface area (TPSA) is 276 Å². The maximum absolute atomic E-state index is 13.0. The minimum Gasteiger partial charge on any atom is -0.462 e. The summed E-state index contributed by atoms with van der Waals surface area (Å²) >= 11 is 0. The Morgan fingerprint density at radius 1 is 0.528 bits per heavy atom. The lowest BCUT2D eigenvalue weighted by molar-refractivity contribution is -0.216. The van der Waals surface area contributed by atoms with Gasteiger partial charge in [-0.3, -0.25) is 23.2 Å². The number of phosphoric ester groups is 2. The Bertz CT molecular complexity index is 1770. The summed E-state index contributed by atoms with van der Waals surface area (Å²) in [5, 5.41) is 51.4. The molecule has 0 amide bonds. The van der Waals surface area contributed by atoms with E-state index in [1.54, 1.807) is 18.2 Å². The van der Waals surface area contributed by atoms with E-state index in [1.807, 2.05) is 42.5 Å². The van der Waals surface area contributed by atoms with Crippen LogP contribution in [0.1, 0.15) is 162 Å². The molecule has 0 aromatic rings. The lowest BCUT2D eigenvalue weighted by Gasteiger charge is -2.43. The van der Waals surface area contributed by atoms with Gasteiger partial charge in [0, 0.05) is 12.8 Å². The van der Waals surface area contributed by atoms with Crippen LogP contribution < -0.4 is 0 Å². The molecule has 0 aliphatic heterocycles. The van der Waals surface area contributed by atoms with E-state index in [9.17, 15) is 58.9 Å². The Hall–Kier alpha value is -3.12. The van der Waals surface area contributed by atoms with E-state index in [2.05, 4.69) is 54.8 Å². The SMILES string of the molecule is CC/C=C\C/C=C\CC(O)/C=C/C=C\C/C=C\C/C=C\CCC(=O)O[C@H](COC(=O)CCCCCCCCCCC/C=C\C/C=C\CCCCC)COP(=O)(O)O[C@H]1C(O)C(O)C(O)[C@@H](OP(=O)(O)O)C1O. The number of carbonyl (C=O) groups is 2. The Morgan fingerprint density at radius 2 is 1.04 bits per heavy atom. The van der Waals surface area contributed by atoms with Gasteiger partial charge in [-0.1, -0.05) is 169 Å². The predicted octanol–water partition coefficient (Wildman–Crippen LogP) is 9.70. The number of aliphatic hydroxyl groups excluding tert-OH is 5. The van der Waals surface area contributed by atoms with E-state index >= 15 is 0 Å². The van der Waals surface area contributed by atoms with Crippen LogP contribution in [0.2, 0.25) is 0 Å². The number of hydrogen-bond acceptors (Lipinski definition) is 14. The van der Waals surface area contributed by atoms with Crippen LogP contribution in [-0.2, 0) is 41.8 Å². The van der Waals surface area contributed by atoms with Crippen LogP contribution in [0.25, 0.3) is 0 Å². The van der Waals surface area contributed by atoms with Gasteiger partial charge in [0.25, 0.3) is 0 Å². The molecule has 6 unspecified atom stereocenters. The normalized spacial score (nSPS) is 22.0. The van der Waals surface area contributed by atoms with Crippen LogP contribution in [0.15, 0.2) is 97.2 Å². The number of ether oxygens (including phenoxy) is 2. The van der Waals surface area contributed by atoms with Gasteiger partial charge < -0.3 is 49.7 Å². The fourth-order valence-corrected chi connectivity index (χ4v) is 8.76. The number of phosphoric acid groups is 2. The number of esters is 2. The molecular weight excluding hydrogens is 971 g/mol. The molecule has 1 fully saturated rings. The number of aliphatic hydroxyl groups is 5. The number of hydrogen-bond donors (Lipinski definition) is 8. The molecule has 1 saturated carbocycles. The lowest BCUT2D eigenvalue weighted by Crippen LogP contribution is -2.64. The first kappa shape index (κ1) is 66.9. The zero-order valence-corrected chi connectivity index (χ0v) is 44.5. The van der Waals surface area contributed by atoms with Crippen LogP contribution in [0.5, 0.6) is 0 Å². The average molecular weight is 1060 g/mol. The fraction of sp³-hybridized carbons (Fsp3) is 0.660. The van der Waals surface area contributed by atoms with E-state index in [0.717, 1.165) is 64.2 Å². The molecule has 17 nitrogen and oxygen atoms in total. The molecule has 0 bridgehead atoms. The van der Waals surface area contributed by atoms with Crippen molar-refractivity contribution in [1.29, 1.82) is 0 Å². The monoisotopic (exact) mass is 1060 g/mol. The van der Waals surface area contributed by atoms with E-state index in [4.69, 9.17) is 18.5 Å². The average Bonchev–Trinajstić information content (AvgIpc) is 3.33. The zero-order chi connectivity index (χ0) is 53.3. The highest BCUT2D eigenvalue weighted by atomic mass is 31.2. The van der Waals surface area contributed by atoms with Crippen LogP contribution in [0.4, 0.5) is 0 Å². The Kier molecular flexibility index (Phi) is 39.2. The maximum Gasteiger partial charge on any atom is 0.472 e. The van der Waals surface area contributed by atoms with Gasteiger partial charge in [0.2, 0.25) is 0 Å². The van der Waals surface area contributed by atoms with E-state index < -0.39 is 89.6 Å². The van der Waals surface area contributed by atoms with Crippen molar-refractivity contribution >= 4 is 27.6 Å².